The zero-order valence-corrected chi connectivity index (χ0v) is 14.1. The van der Waals surface area contributed by atoms with Gasteiger partial charge in [0.05, 0.1) is 0 Å². The third-order valence-corrected chi connectivity index (χ3v) is 4.53. The molecule has 0 aliphatic carbocycles. The molecule has 0 bridgehead atoms. The van der Waals surface area contributed by atoms with Crippen molar-refractivity contribution in [3.05, 3.63) is 0 Å². The molecule has 0 aromatic rings. The largest absolute Gasteiger partial charge is 0.313 e. The van der Waals surface area contributed by atoms with Crippen LogP contribution in [0, 0.1) is 0 Å². The van der Waals surface area contributed by atoms with Gasteiger partial charge < -0.3 is 10.2 Å². The van der Waals surface area contributed by atoms with Crippen molar-refractivity contribution in [2.75, 3.05) is 26.2 Å². The first-order chi connectivity index (χ1) is 9.86. The molecule has 1 N–H and O–H groups in total. The van der Waals surface area contributed by atoms with E-state index in [0.717, 1.165) is 6.04 Å². The second-order valence-electron chi connectivity index (χ2n) is 6.57. The van der Waals surface area contributed by atoms with Crippen LogP contribution in [0.2, 0.25) is 0 Å². The fourth-order valence-electron chi connectivity index (χ4n) is 3.29. The lowest BCUT2D eigenvalue weighted by Crippen LogP contribution is -2.37. The first-order valence-electron chi connectivity index (χ1n) is 9.32. The molecule has 2 heteroatoms. The van der Waals surface area contributed by atoms with Gasteiger partial charge in [0.15, 0.2) is 0 Å². The first-order valence-corrected chi connectivity index (χ1v) is 9.32. The van der Waals surface area contributed by atoms with Crippen molar-refractivity contribution in [2.24, 2.45) is 0 Å². The molecule has 20 heavy (non-hydrogen) atoms. The molecule has 0 saturated carbocycles. The quantitative estimate of drug-likeness (QED) is 0.558. The molecule has 1 saturated heterocycles. The highest BCUT2D eigenvalue weighted by Crippen LogP contribution is 2.11. The Morgan fingerprint density at radius 3 is 2.30 bits per heavy atom. The van der Waals surface area contributed by atoms with Crippen molar-refractivity contribution in [3.8, 4) is 0 Å². The van der Waals surface area contributed by atoms with Crippen LogP contribution in [-0.4, -0.2) is 37.1 Å². The maximum Gasteiger partial charge on any atom is 0.0194 e. The van der Waals surface area contributed by atoms with Crippen molar-refractivity contribution in [1.82, 2.24) is 10.2 Å². The Balaban J connectivity index is 1.99. The van der Waals surface area contributed by atoms with Crippen molar-refractivity contribution >= 4 is 0 Å². The predicted octanol–water partition coefficient (Wildman–Crippen LogP) is 4.59. The minimum Gasteiger partial charge on any atom is -0.313 e. The molecule has 0 aromatic carbocycles. The van der Waals surface area contributed by atoms with E-state index in [1.165, 1.54) is 96.8 Å². The molecular formula is C18H38N2. The fourth-order valence-corrected chi connectivity index (χ4v) is 3.29. The van der Waals surface area contributed by atoms with Crippen molar-refractivity contribution in [1.29, 1.82) is 0 Å². The zero-order chi connectivity index (χ0) is 14.5. The normalized spacial score (nSPS) is 21.0. The van der Waals surface area contributed by atoms with Crippen LogP contribution < -0.4 is 5.32 Å². The second-order valence-corrected chi connectivity index (χ2v) is 6.57. The molecule has 1 rings (SSSR count). The topological polar surface area (TPSA) is 15.3 Å². The standard InChI is InChI=1S/C18H38N2/c1-3-5-6-7-8-9-10-11-15-20-16-12-14-19-18(17-20)13-4-2/h18-19H,3-17H2,1-2H3. The zero-order valence-electron chi connectivity index (χ0n) is 14.1. The predicted molar refractivity (Wildman–Crippen MR) is 90.4 cm³/mol. The van der Waals surface area contributed by atoms with Gasteiger partial charge in [-0.15, -0.1) is 0 Å². The third-order valence-electron chi connectivity index (χ3n) is 4.53. The van der Waals surface area contributed by atoms with Crippen LogP contribution in [0.25, 0.3) is 0 Å². The van der Waals surface area contributed by atoms with Crippen LogP contribution in [0.4, 0.5) is 0 Å². The van der Waals surface area contributed by atoms with Gasteiger partial charge in [-0.1, -0.05) is 65.2 Å². The molecule has 0 spiro atoms. The van der Waals surface area contributed by atoms with E-state index >= 15 is 0 Å². The van der Waals surface area contributed by atoms with Gasteiger partial charge in [-0.2, -0.15) is 0 Å². The van der Waals surface area contributed by atoms with E-state index in [0.29, 0.717) is 0 Å². The summed E-state index contributed by atoms with van der Waals surface area (Å²) in [6.45, 7) is 9.74. The van der Waals surface area contributed by atoms with Gasteiger partial charge in [0, 0.05) is 12.6 Å². The van der Waals surface area contributed by atoms with Gasteiger partial charge in [0.25, 0.3) is 0 Å². The minimum atomic E-state index is 0.747. The summed E-state index contributed by atoms with van der Waals surface area (Å²) in [5.74, 6) is 0. The van der Waals surface area contributed by atoms with Gasteiger partial charge >= 0.3 is 0 Å². The molecular weight excluding hydrogens is 244 g/mol. The highest BCUT2D eigenvalue weighted by Gasteiger charge is 2.16. The maximum atomic E-state index is 3.70. The first kappa shape index (κ1) is 18.0. The highest BCUT2D eigenvalue weighted by molar-refractivity contribution is 4.76. The summed E-state index contributed by atoms with van der Waals surface area (Å²) in [4.78, 5) is 2.71. The van der Waals surface area contributed by atoms with E-state index in [1.54, 1.807) is 0 Å². The summed E-state index contributed by atoms with van der Waals surface area (Å²) in [6.07, 6.45) is 15.4. The van der Waals surface area contributed by atoms with Crippen LogP contribution in [0.3, 0.4) is 0 Å². The van der Waals surface area contributed by atoms with Crippen molar-refractivity contribution in [3.63, 3.8) is 0 Å². The summed E-state index contributed by atoms with van der Waals surface area (Å²) in [6, 6.07) is 0.747. The van der Waals surface area contributed by atoms with Crippen LogP contribution >= 0.6 is 0 Å². The lowest BCUT2D eigenvalue weighted by atomic mass is 10.1. The Hall–Kier alpha value is -0.0800. The van der Waals surface area contributed by atoms with Crippen molar-refractivity contribution < 1.29 is 0 Å². The maximum absolute atomic E-state index is 3.70. The van der Waals surface area contributed by atoms with E-state index in [9.17, 15) is 0 Å². The Kier molecular flexibility index (Phi) is 11.4. The summed E-state index contributed by atoms with van der Waals surface area (Å²) in [7, 11) is 0. The molecule has 1 atom stereocenters. The smallest absolute Gasteiger partial charge is 0.0194 e. The Labute approximate surface area is 127 Å². The van der Waals surface area contributed by atoms with E-state index in [2.05, 4.69) is 24.1 Å². The van der Waals surface area contributed by atoms with Crippen LogP contribution in [-0.2, 0) is 0 Å². The minimum absolute atomic E-state index is 0.747. The molecule has 0 radical (unpaired) electrons. The fraction of sp³-hybridized carbons (Fsp3) is 1.00. The van der Waals surface area contributed by atoms with E-state index in [4.69, 9.17) is 0 Å². The Morgan fingerprint density at radius 2 is 1.60 bits per heavy atom. The number of nitrogens with zero attached hydrogens (tertiary/aromatic N) is 1. The number of unbranched alkanes of at least 4 members (excludes halogenated alkanes) is 7. The Morgan fingerprint density at radius 1 is 0.900 bits per heavy atom. The average Bonchev–Trinajstić information content (AvgIpc) is 2.67. The summed E-state index contributed by atoms with van der Waals surface area (Å²) in [5, 5.41) is 3.70. The molecule has 1 aliphatic rings. The summed E-state index contributed by atoms with van der Waals surface area (Å²) in [5.41, 5.74) is 0. The average molecular weight is 283 g/mol. The van der Waals surface area contributed by atoms with Gasteiger partial charge in [0.2, 0.25) is 0 Å². The molecule has 0 aromatic heterocycles. The molecule has 120 valence electrons. The summed E-state index contributed by atoms with van der Waals surface area (Å²) >= 11 is 0. The van der Waals surface area contributed by atoms with Crippen LogP contribution in [0.15, 0.2) is 0 Å². The highest BCUT2D eigenvalue weighted by atomic mass is 15.2. The number of nitrogens with one attached hydrogen (secondary N) is 1. The second kappa shape index (κ2) is 12.6. The molecule has 0 amide bonds. The summed E-state index contributed by atoms with van der Waals surface area (Å²) < 4.78 is 0. The number of hydrogen-bond acceptors (Lipinski definition) is 2. The van der Waals surface area contributed by atoms with E-state index in [1.807, 2.05) is 0 Å². The molecule has 1 unspecified atom stereocenters. The Bertz CT molecular complexity index is 206. The molecule has 1 fully saturated rings. The lowest BCUT2D eigenvalue weighted by Gasteiger charge is -2.24. The van der Waals surface area contributed by atoms with Gasteiger partial charge in [-0.3, -0.25) is 0 Å². The van der Waals surface area contributed by atoms with Gasteiger partial charge in [-0.05, 0) is 38.9 Å². The molecule has 1 heterocycles. The van der Waals surface area contributed by atoms with Gasteiger partial charge in [0.1, 0.15) is 0 Å². The lowest BCUT2D eigenvalue weighted by molar-refractivity contribution is 0.256. The van der Waals surface area contributed by atoms with E-state index in [-0.39, 0.29) is 0 Å². The molecule has 1 aliphatic heterocycles. The number of hydrogen-bond donors (Lipinski definition) is 1. The third kappa shape index (κ3) is 8.97. The van der Waals surface area contributed by atoms with Crippen LogP contribution in [0.1, 0.15) is 84.5 Å². The van der Waals surface area contributed by atoms with E-state index < -0.39 is 0 Å². The molecule has 2 nitrogen and oxygen atoms in total. The van der Waals surface area contributed by atoms with Crippen molar-refractivity contribution in [2.45, 2.75) is 90.5 Å². The van der Waals surface area contributed by atoms with Gasteiger partial charge in [-0.25, -0.2) is 0 Å². The van der Waals surface area contributed by atoms with Crippen LogP contribution in [0.5, 0.6) is 0 Å². The monoisotopic (exact) mass is 282 g/mol. The number of rotatable bonds is 11. The SMILES string of the molecule is CCCCCCCCCCN1CCCNC(CCC)C1.